The zero-order valence-electron chi connectivity index (χ0n) is 10.8. The minimum Gasteiger partial charge on any atom is -0.744 e. The summed E-state index contributed by atoms with van der Waals surface area (Å²) >= 11 is 0. The van der Waals surface area contributed by atoms with Crippen LogP contribution in [0.15, 0.2) is 53.4 Å². The first-order chi connectivity index (χ1) is 8.97. The van der Waals surface area contributed by atoms with Crippen LogP contribution in [-0.4, -0.2) is 13.0 Å². The van der Waals surface area contributed by atoms with E-state index in [4.69, 9.17) is 0 Å². The number of rotatable bonds is 4. The molecule has 0 aliphatic rings. The second-order valence-electron chi connectivity index (χ2n) is 3.92. The predicted octanol–water partition coefficient (Wildman–Crippen LogP) is -0.654. The van der Waals surface area contributed by atoms with Crippen LogP contribution in [0.1, 0.15) is 5.56 Å². The molecule has 7 heteroatoms. The van der Waals surface area contributed by atoms with Gasteiger partial charge in [-0.3, -0.25) is 0 Å². The topological polar surface area (TPSA) is 69.2 Å². The van der Waals surface area contributed by atoms with E-state index in [2.05, 4.69) is 5.32 Å². The van der Waals surface area contributed by atoms with Crippen LogP contribution < -0.4 is 34.9 Å². The van der Waals surface area contributed by atoms with Gasteiger partial charge in [-0.25, -0.2) is 12.8 Å². The van der Waals surface area contributed by atoms with Crippen LogP contribution in [0.3, 0.4) is 0 Å². The van der Waals surface area contributed by atoms with Gasteiger partial charge in [-0.05, 0) is 30.3 Å². The zero-order valence-corrected chi connectivity index (χ0v) is 13.7. The van der Waals surface area contributed by atoms with E-state index in [1.165, 1.54) is 30.3 Å². The largest absolute Gasteiger partial charge is 1.00 e. The maximum absolute atomic E-state index is 13.4. The predicted molar refractivity (Wildman–Crippen MR) is 68.1 cm³/mol. The van der Waals surface area contributed by atoms with Crippen molar-refractivity contribution in [2.75, 3.05) is 5.32 Å². The van der Waals surface area contributed by atoms with Crippen molar-refractivity contribution >= 4 is 15.8 Å². The van der Waals surface area contributed by atoms with Crippen LogP contribution >= 0.6 is 0 Å². The van der Waals surface area contributed by atoms with Gasteiger partial charge in [-0.1, -0.05) is 18.2 Å². The van der Waals surface area contributed by atoms with E-state index in [1.807, 2.05) is 0 Å². The van der Waals surface area contributed by atoms with E-state index in [-0.39, 0.29) is 46.8 Å². The summed E-state index contributed by atoms with van der Waals surface area (Å²) in [5.74, 6) is -0.311. The average Bonchev–Trinajstić information content (AvgIpc) is 2.37. The molecular formula is C13H11FNNaO3S. The second-order valence-corrected chi connectivity index (χ2v) is 5.30. The molecule has 0 unspecified atom stereocenters. The summed E-state index contributed by atoms with van der Waals surface area (Å²) < 4.78 is 45.6. The molecular weight excluding hydrogens is 292 g/mol. The molecule has 100 valence electrons. The molecule has 0 radical (unpaired) electrons. The number of benzene rings is 2. The van der Waals surface area contributed by atoms with Crippen molar-refractivity contribution in [2.24, 2.45) is 0 Å². The summed E-state index contributed by atoms with van der Waals surface area (Å²) in [7, 11) is -4.43. The Balaban J connectivity index is 0.00000200. The average molecular weight is 303 g/mol. The second kappa shape index (κ2) is 7.19. The minimum absolute atomic E-state index is 0. The smallest absolute Gasteiger partial charge is 0.744 e. The van der Waals surface area contributed by atoms with Crippen molar-refractivity contribution in [3.8, 4) is 0 Å². The molecule has 0 saturated heterocycles. The molecule has 2 rings (SSSR count). The van der Waals surface area contributed by atoms with Crippen LogP contribution in [0.25, 0.3) is 0 Å². The molecule has 0 aliphatic carbocycles. The molecule has 0 amide bonds. The maximum Gasteiger partial charge on any atom is 1.00 e. The Hall–Kier alpha value is -0.920. The molecule has 2 aromatic rings. The fourth-order valence-corrected chi connectivity index (χ4v) is 2.05. The van der Waals surface area contributed by atoms with Crippen LogP contribution in [-0.2, 0) is 16.7 Å². The van der Waals surface area contributed by atoms with E-state index in [1.54, 1.807) is 18.2 Å². The number of hydrogen-bond donors (Lipinski definition) is 1. The summed E-state index contributed by atoms with van der Waals surface area (Å²) in [6, 6.07) is 11.7. The molecule has 0 fully saturated rings. The van der Waals surface area contributed by atoms with E-state index >= 15 is 0 Å². The van der Waals surface area contributed by atoms with Crippen molar-refractivity contribution < 1.29 is 46.9 Å². The van der Waals surface area contributed by atoms with Gasteiger partial charge in [-0.15, -0.1) is 0 Å². The Morgan fingerprint density at radius 3 is 2.20 bits per heavy atom. The summed E-state index contributed by atoms with van der Waals surface area (Å²) in [5.41, 5.74) is 1.11. The Labute approximate surface area is 139 Å². The van der Waals surface area contributed by atoms with Gasteiger partial charge in [0.15, 0.2) is 0 Å². The molecule has 0 heterocycles. The quantitative estimate of drug-likeness (QED) is 0.602. The van der Waals surface area contributed by atoms with Gasteiger partial charge >= 0.3 is 29.6 Å². The minimum atomic E-state index is -4.43. The summed E-state index contributed by atoms with van der Waals surface area (Å²) in [6.45, 7) is 0.274. The van der Waals surface area contributed by atoms with Gasteiger partial charge in [-0.2, -0.15) is 0 Å². The van der Waals surface area contributed by atoms with Crippen molar-refractivity contribution in [3.63, 3.8) is 0 Å². The fourth-order valence-electron chi connectivity index (χ4n) is 1.58. The molecule has 0 aliphatic heterocycles. The van der Waals surface area contributed by atoms with Crippen molar-refractivity contribution in [1.82, 2.24) is 0 Å². The Bertz CT molecular complexity index is 674. The monoisotopic (exact) mass is 303 g/mol. The van der Waals surface area contributed by atoms with E-state index in [9.17, 15) is 17.4 Å². The first-order valence-electron chi connectivity index (χ1n) is 5.50. The Morgan fingerprint density at radius 2 is 1.65 bits per heavy atom. The Morgan fingerprint density at radius 1 is 1.05 bits per heavy atom. The number of anilines is 1. The fraction of sp³-hybridized carbons (Fsp3) is 0.0769. The molecule has 2 aromatic carbocycles. The third-order valence-electron chi connectivity index (χ3n) is 2.58. The third-order valence-corrected chi connectivity index (χ3v) is 3.43. The first kappa shape index (κ1) is 17.1. The van der Waals surface area contributed by atoms with Crippen LogP contribution in [0.5, 0.6) is 0 Å². The van der Waals surface area contributed by atoms with Gasteiger partial charge < -0.3 is 9.87 Å². The zero-order chi connectivity index (χ0) is 13.9. The molecule has 0 saturated carbocycles. The molecule has 20 heavy (non-hydrogen) atoms. The molecule has 0 spiro atoms. The van der Waals surface area contributed by atoms with Crippen LogP contribution in [0.2, 0.25) is 0 Å². The van der Waals surface area contributed by atoms with E-state index in [0.29, 0.717) is 11.3 Å². The molecule has 4 nitrogen and oxygen atoms in total. The standard InChI is InChI=1S/C13H12FNO3S.Na/c14-13-4-2-1-3-10(13)9-15-11-5-7-12(8-6-11)19(16,17)18;/h1-8,15H,9H2,(H,16,17,18);/q;+1/p-1. The third kappa shape index (κ3) is 4.57. The van der Waals surface area contributed by atoms with Crippen LogP contribution in [0, 0.1) is 5.82 Å². The molecule has 0 bridgehead atoms. The van der Waals surface area contributed by atoms with Gasteiger partial charge in [0.2, 0.25) is 0 Å². The van der Waals surface area contributed by atoms with Gasteiger partial charge in [0.1, 0.15) is 15.9 Å². The number of hydrogen-bond acceptors (Lipinski definition) is 4. The summed E-state index contributed by atoms with van der Waals surface area (Å²) in [4.78, 5) is -0.288. The summed E-state index contributed by atoms with van der Waals surface area (Å²) in [5, 5.41) is 2.94. The SMILES string of the molecule is O=S(=O)([O-])c1ccc(NCc2ccccc2F)cc1.[Na+]. The van der Waals surface area contributed by atoms with Crippen molar-refractivity contribution in [1.29, 1.82) is 0 Å². The number of halogens is 1. The Kier molecular flexibility index (Phi) is 6.16. The maximum atomic E-state index is 13.4. The van der Waals surface area contributed by atoms with Crippen LogP contribution in [0.4, 0.5) is 10.1 Å². The van der Waals surface area contributed by atoms with Crippen molar-refractivity contribution in [3.05, 3.63) is 59.9 Å². The number of nitrogens with one attached hydrogen (secondary N) is 1. The molecule has 0 atom stereocenters. The molecule has 0 aromatic heterocycles. The van der Waals surface area contributed by atoms with Crippen molar-refractivity contribution in [2.45, 2.75) is 11.4 Å². The summed E-state index contributed by atoms with van der Waals surface area (Å²) in [6.07, 6.45) is 0. The van der Waals surface area contributed by atoms with E-state index < -0.39 is 10.1 Å². The van der Waals surface area contributed by atoms with Gasteiger partial charge in [0.05, 0.1) is 4.90 Å². The van der Waals surface area contributed by atoms with Gasteiger partial charge in [0.25, 0.3) is 0 Å². The van der Waals surface area contributed by atoms with E-state index in [0.717, 1.165) is 0 Å². The molecule has 1 N–H and O–H groups in total. The first-order valence-corrected chi connectivity index (χ1v) is 6.91. The van der Waals surface area contributed by atoms with Gasteiger partial charge in [0, 0.05) is 17.8 Å². The normalized spacial score (nSPS) is 10.7.